The molecule has 1 N–H and O–H groups in total. The maximum atomic E-state index is 3.47. The van der Waals surface area contributed by atoms with Gasteiger partial charge < -0.3 is 10.2 Å². The molecule has 0 aliphatic heterocycles. The van der Waals surface area contributed by atoms with Crippen LogP contribution in [0.5, 0.6) is 0 Å². The molecule has 0 radical (unpaired) electrons. The summed E-state index contributed by atoms with van der Waals surface area (Å²) in [4.78, 5) is 2.48. The van der Waals surface area contributed by atoms with E-state index in [9.17, 15) is 0 Å². The van der Waals surface area contributed by atoms with Gasteiger partial charge in [-0.15, -0.1) is 0 Å². The highest BCUT2D eigenvalue weighted by Gasteiger charge is 2.05. The molecule has 0 fully saturated rings. The lowest BCUT2D eigenvalue weighted by Crippen LogP contribution is -2.27. The van der Waals surface area contributed by atoms with Gasteiger partial charge in [0.1, 0.15) is 0 Å². The Morgan fingerprint density at radius 1 is 1.21 bits per heavy atom. The summed E-state index contributed by atoms with van der Waals surface area (Å²) in [5, 5.41) is 3.47. The highest BCUT2D eigenvalue weighted by atomic mass is 15.1. The minimum atomic E-state index is 0.652. The molecule has 0 aliphatic rings. The number of hydrogen-bond donors (Lipinski definition) is 1. The number of nitrogens with zero attached hydrogens (tertiary/aromatic N) is 1. The quantitative estimate of drug-likeness (QED) is 0.677. The van der Waals surface area contributed by atoms with Gasteiger partial charge in [-0.3, -0.25) is 0 Å². The van der Waals surface area contributed by atoms with Crippen LogP contribution in [0.3, 0.4) is 0 Å². The van der Waals surface area contributed by atoms with Gasteiger partial charge in [-0.05, 0) is 57.9 Å². The Balaban J connectivity index is 2.33. The summed E-state index contributed by atoms with van der Waals surface area (Å²) < 4.78 is 0. The molecule has 0 spiro atoms. The molecule has 0 aromatic heterocycles. The van der Waals surface area contributed by atoms with E-state index in [1.807, 2.05) is 0 Å². The first-order chi connectivity index (χ1) is 9.17. The minimum Gasteiger partial charge on any atom is -0.372 e. The van der Waals surface area contributed by atoms with E-state index < -0.39 is 0 Å². The van der Waals surface area contributed by atoms with E-state index >= 15 is 0 Å². The van der Waals surface area contributed by atoms with E-state index in [4.69, 9.17) is 0 Å². The maximum Gasteiger partial charge on any atom is 0.0368 e. The van der Waals surface area contributed by atoms with Crippen LogP contribution in [0.1, 0.15) is 45.6 Å². The Bertz CT molecular complexity index is 349. The highest BCUT2D eigenvalue weighted by Crippen LogP contribution is 2.16. The van der Waals surface area contributed by atoms with Crippen molar-refractivity contribution in [3.8, 4) is 0 Å². The molecule has 0 heterocycles. The van der Waals surface area contributed by atoms with Crippen molar-refractivity contribution in [1.29, 1.82) is 0 Å². The lowest BCUT2D eigenvalue weighted by molar-refractivity contribution is 0.501. The van der Waals surface area contributed by atoms with Crippen molar-refractivity contribution in [3.05, 3.63) is 29.8 Å². The summed E-state index contributed by atoms with van der Waals surface area (Å²) in [7, 11) is 0. The van der Waals surface area contributed by atoms with Crippen LogP contribution in [0.25, 0.3) is 0 Å². The molecule has 1 aromatic rings. The Morgan fingerprint density at radius 2 is 2.00 bits per heavy atom. The molecule has 1 atom stereocenters. The molecule has 1 rings (SSSR count). The van der Waals surface area contributed by atoms with Crippen molar-refractivity contribution in [2.24, 2.45) is 0 Å². The average molecular weight is 262 g/mol. The van der Waals surface area contributed by atoms with Gasteiger partial charge in [0.15, 0.2) is 0 Å². The van der Waals surface area contributed by atoms with Gasteiger partial charge in [0.05, 0.1) is 0 Å². The summed E-state index contributed by atoms with van der Waals surface area (Å²) in [5.41, 5.74) is 2.71. The molecular weight excluding hydrogens is 232 g/mol. The van der Waals surface area contributed by atoms with Crippen LogP contribution in [-0.4, -0.2) is 25.7 Å². The largest absolute Gasteiger partial charge is 0.372 e. The van der Waals surface area contributed by atoms with Crippen molar-refractivity contribution >= 4 is 5.69 Å². The first-order valence-corrected chi connectivity index (χ1v) is 7.72. The van der Waals surface area contributed by atoms with Gasteiger partial charge in [-0.25, -0.2) is 0 Å². The van der Waals surface area contributed by atoms with Crippen LogP contribution >= 0.6 is 0 Å². The predicted octanol–water partition coefficient (Wildman–Crippen LogP) is 3.99. The average Bonchev–Trinajstić information content (AvgIpc) is 2.39. The second-order valence-corrected chi connectivity index (χ2v) is 5.37. The van der Waals surface area contributed by atoms with Crippen molar-refractivity contribution in [2.45, 2.75) is 53.0 Å². The van der Waals surface area contributed by atoms with Crippen LogP contribution < -0.4 is 10.2 Å². The van der Waals surface area contributed by atoms with E-state index in [0.29, 0.717) is 6.04 Å². The normalized spacial score (nSPS) is 12.4. The molecule has 2 nitrogen and oxygen atoms in total. The summed E-state index contributed by atoms with van der Waals surface area (Å²) in [5.74, 6) is 0. The zero-order valence-corrected chi connectivity index (χ0v) is 13.1. The van der Waals surface area contributed by atoms with Crippen LogP contribution in [0.15, 0.2) is 24.3 Å². The fraction of sp³-hybridized carbons (Fsp3) is 0.647. The molecule has 0 saturated carbocycles. The monoisotopic (exact) mass is 262 g/mol. The predicted molar refractivity (Wildman–Crippen MR) is 86.1 cm³/mol. The standard InChI is InChI=1S/C17H30N2/c1-5-18-16(4)11-7-8-13-19(6-2)17-12-9-10-15(3)14-17/h9-10,12,14,16,18H,5-8,11,13H2,1-4H3. The Hall–Kier alpha value is -1.02. The van der Waals surface area contributed by atoms with E-state index in [2.05, 4.69) is 62.2 Å². The van der Waals surface area contributed by atoms with Crippen molar-refractivity contribution in [2.75, 3.05) is 24.5 Å². The number of nitrogens with one attached hydrogen (secondary N) is 1. The van der Waals surface area contributed by atoms with E-state index in [0.717, 1.165) is 13.1 Å². The molecule has 0 bridgehead atoms. The molecule has 0 amide bonds. The van der Waals surface area contributed by atoms with Gasteiger partial charge in [0, 0.05) is 24.8 Å². The van der Waals surface area contributed by atoms with Crippen molar-refractivity contribution < 1.29 is 0 Å². The number of aryl methyl sites for hydroxylation is 1. The summed E-state index contributed by atoms with van der Waals surface area (Å²) in [6, 6.07) is 9.47. The Kier molecular flexibility index (Phi) is 7.57. The number of anilines is 1. The fourth-order valence-electron chi connectivity index (χ4n) is 2.50. The number of unbranched alkanes of at least 4 members (excludes halogenated alkanes) is 1. The molecular formula is C17H30N2. The first kappa shape index (κ1) is 16.0. The summed E-state index contributed by atoms with van der Waals surface area (Å²) in [6.45, 7) is 12.2. The molecule has 2 heteroatoms. The van der Waals surface area contributed by atoms with Crippen LogP contribution in [0, 0.1) is 6.92 Å². The second kappa shape index (κ2) is 8.98. The third-order valence-electron chi connectivity index (χ3n) is 3.62. The summed E-state index contributed by atoms with van der Waals surface area (Å²) >= 11 is 0. The molecule has 0 saturated heterocycles. The van der Waals surface area contributed by atoms with E-state index in [1.54, 1.807) is 0 Å². The zero-order chi connectivity index (χ0) is 14.1. The Morgan fingerprint density at radius 3 is 2.63 bits per heavy atom. The molecule has 1 aromatic carbocycles. The highest BCUT2D eigenvalue weighted by molar-refractivity contribution is 5.48. The van der Waals surface area contributed by atoms with Gasteiger partial charge in [0.2, 0.25) is 0 Å². The smallest absolute Gasteiger partial charge is 0.0368 e. The van der Waals surface area contributed by atoms with E-state index in [1.165, 1.54) is 37.1 Å². The minimum absolute atomic E-state index is 0.652. The Labute approximate surface area is 119 Å². The number of rotatable bonds is 9. The van der Waals surface area contributed by atoms with Gasteiger partial charge in [0.25, 0.3) is 0 Å². The third kappa shape index (κ3) is 6.11. The van der Waals surface area contributed by atoms with Crippen LogP contribution in [-0.2, 0) is 0 Å². The van der Waals surface area contributed by atoms with Gasteiger partial charge >= 0.3 is 0 Å². The van der Waals surface area contributed by atoms with Crippen molar-refractivity contribution in [1.82, 2.24) is 5.32 Å². The number of hydrogen-bond acceptors (Lipinski definition) is 2. The fourth-order valence-corrected chi connectivity index (χ4v) is 2.50. The van der Waals surface area contributed by atoms with Crippen LogP contribution in [0.4, 0.5) is 5.69 Å². The zero-order valence-electron chi connectivity index (χ0n) is 13.1. The van der Waals surface area contributed by atoms with Crippen molar-refractivity contribution in [3.63, 3.8) is 0 Å². The van der Waals surface area contributed by atoms with Gasteiger partial charge in [-0.2, -0.15) is 0 Å². The van der Waals surface area contributed by atoms with Crippen LogP contribution in [0.2, 0.25) is 0 Å². The molecule has 1 unspecified atom stereocenters. The molecule has 0 aliphatic carbocycles. The lowest BCUT2D eigenvalue weighted by atomic mass is 10.1. The molecule has 108 valence electrons. The van der Waals surface area contributed by atoms with E-state index in [-0.39, 0.29) is 0 Å². The topological polar surface area (TPSA) is 15.3 Å². The maximum absolute atomic E-state index is 3.47. The lowest BCUT2D eigenvalue weighted by Gasteiger charge is -2.24. The number of benzene rings is 1. The third-order valence-corrected chi connectivity index (χ3v) is 3.62. The van der Waals surface area contributed by atoms with Gasteiger partial charge in [-0.1, -0.05) is 25.5 Å². The first-order valence-electron chi connectivity index (χ1n) is 7.72. The SMILES string of the molecule is CCNC(C)CCCCN(CC)c1cccc(C)c1. The second-order valence-electron chi connectivity index (χ2n) is 5.37. The summed E-state index contributed by atoms with van der Waals surface area (Å²) in [6.07, 6.45) is 3.85. The molecule has 19 heavy (non-hydrogen) atoms.